The van der Waals surface area contributed by atoms with Gasteiger partial charge in [-0.25, -0.2) is 13.9 Å². The standard InChI is InChI=1S/C19H30FN4O5P/c1-6-14-17(16(20)18(28-14)23-10-8-15(25)22-19(23)26)29-30(27-11-7-9-21)24(12(2)3)13(4)5/h8,10,12-14,16-18H,6-7,11H2,1-5H3,(H,22,25,26)/t14-,16-,17-,18-,30?/m1/s1. The lowest BCUT2D eigenvalue weighted by Gasteiger charge is -2.37. The number of ether oxygens (including phenoxy) is 1. The molecule has 2 heterocycles. The van der Waals surface area contributed by atoms with E-state index in [0.717, 1.165) is 10.6 Å². The molecule has 1 fully saturated rings. The number of halogens is 1. The van der Waals surface area contributed by atoms with E-state index in [1.165, 1.54) is 6.20 Å². The van der Waals surface area contributed by atoms with Crippen molar-refractivity contribution < 1.29 is 18.2 Å². The van der Waals surface area contributed by atoms with Crippen molar-refractivity contribution in [1.82, 2.24) is 14.2 Å². The van der Waals surface area contributed by atoms with Gasteiger partial charge in [0.1, 0.15) is 6.10 Å². The molecule has 0 aliphatic carbocycles. The Morgan fingerprint density at radius 1 is 1.37 bits per heavy atom. The largest absolute Gasteiger partial charge is 0.349 e. The first-order valence-electron chi connectivity index (χ1n) is 10.1. The van der Waals surface area contributed by atoms with E-state index in [-0.39, 0.29) is 25.1 Å². The summed E-state index contributed by atoms with van der Waals surface area (Å²) >= 11 is 0. The summed E-state index contributed by atoms with van der Waals surface area (Å²) in [6.07, 6.45) is -2.56. The van der Waals surface area contributed by atoms with Gasteiger partial charge >= 0.3 is 5.69 Å². The molecule has 1 aliphatic rings. The molecule has 9 nitrogen and oxygen atoms in total. The Balaban J connectivity index is 2.29. The number of H-pyrrole nitrogens is 1. The van der Waals surface area contributed by atoms with Crippen molar-refractivity contribution in [2.45, 2.75) is 84.2 Å². The molecule has 1 unspecified atom stereocenters. The monoisotopic (exact) mass is 444 g/mol. The summed E-state index contributed by atoms with van der Waals surface area (Å²) in [6.45, 7) is 9.97. The smallest absolute Gasteiger partial charge is 0.330 e. The molecule has 1 aromatic rings. The Bertz CT molecular complexity index is 831. The first kappa shape index (κ1) is 24.6. The molecule has 2 rings (SSSR count). The average molecular weight is 444 g/mol. The van der Waals surface area contributed by atoms with Crippen molar-refractivity contribution in [1.29, 1.82) is 5.26 Å². The van der Waals surface area contributed by atoms with Crippen molar-refractivity contribution >= 4 is 8.53 Å². The summed E-state index contributed by atoms with van der Waals surface area (Å²) in [5.74, 6) is 0. The Hall–Kier alpha value is -1.63. The molecule has 0 bridgehead atoms. The van der Waals surface area contributed by atoms with Crippen LogP contribution in [0.2, 0.25) is 0 Å². The van der Waals surface area contributed by atoms with Crippen molar-refractivity contribution in [3.05, 3.63) is 33.1 Å². The Morgan fingerprint density at radius 3 is 2.57 bits per heavy atom. The third kappa shape index (κ3) is 5.74. The van der Waals surface area contributed by atoms with Gasteiger partial charge in [0.2, 0.25) is 0 Å². The van der Waals surface area contributed by atoms with E-state index in [0.29, 0.717) is 6.42 Å². The van der Waals surface area contributed by atoms with Gasteiger partial charge in [0.25, 0.3) is 14.1 Å². The number of alkyl halides is 1. The maximum absolute atomic E-state index is 15.5. The van der Waals surface area contributed by atoms with Crippen LogP contribution in [-0.2, 0) is 13.8 Å². The number of hydrogen-bond donors (Lipinski definition) is 1. The van der Waals surface area contributed by atoms with Gasteiger partial charge in [0.15, 0.2) is 12.4 Å². The molecule has 30 heavy (non-hydrogen) atoms. The first-order valence-corrected chi connectivity index (χ1v) is 11.2. The van der Waals surface area contributed by atoms with E-state index in [1.54, 1.807) is 0 Å². The van der Waals surface area contributed by atoms with E-state index in [4.69, 9.17) is 19.0 Å². The summed E-state index contributed by atoms with van der Waals surface area (Å²) in [5, 5.41) is 8.83. The maximum atomic E-state index is 15.5. The van der Waals surface area contributed by atoms with Crippen LogP contribution in [0.4, 0.5) is 4.39 Å². The molecule has 1 aromatic heterocycles. The molecule has 0 saturated carbocycles. The van der Waals surface area contributed by atoms with Crippen LogP contribution in [0.5, 0.6) is 0 Å². The van der Waals surface area contributed by atoms with Gasteiger partial charge in [-0.3, -0.25) is 14.3 Å². The molecule has 168 valence electrons. The third-order valence-electron chi connectivity index (χ3n) is 4.67. The molecule has 0 amide bonds. The van der Waals surface area contributed by atoms with Crippen LogP contribution >= 0.6 is 8.53 Å². The molecule has 11 heteroatoms. The number of rotatable bonds is 10. The summed E-state index contributed by atoms with van der Waals surface area (Å²) < 4.78 is 36.3. The molecular weight excluding hydrogens is 414 g/mol. The molecule has 0 spiro atoms. The Labute approximate surface area is 176 Å². The first-order chi connectivity index (χ1) is 14.2. The molecule has 1 saturated heterocycles. The average Bonchev–Trinajstić information content (AvgIpc) is 2.97. The fraction of sp³-hybridized carbons (Fsp3) is 0.737. The minimum Gasteiger partial charge on any atom is -0.349 e. The van der Waals surface area contributed by atoms with Crippen molar-refractivity contribution in [2.75, 3.05) is 6.61 Å². The van der Waals surface area contributed by atoms with Crippen LogP contribution in [-0.4, -0.2) is 51.3 Å². The summed E-state index contributed by atoms with van der Waals surface area (Å²) in [6, 6.07) is 3.30. The topological polar surface area (TPSA) is 110 Å². The second kappa shape index (κ2) is 11.1. The van der Waals surface area contributed by atoms with Gasteiger partial charge in [-0.2, -0.15) is 5.26 Å². The van der Waals surface area contributed by atoms with E-state index in [2.05, 4.69) is 4.98 Å². The Morgan fingerprint density at radius 2 is 2.03 bits per heavy atom. The van der Waals surface area contributed by atoms with Gasteiger partial charge in [0, 0.05) is 24.3 Å². The second-order valence-electron chi connectivity index (χ2n) is 7.55. The SMILES string of the molecule is CC[C@H]1O[C@@H](n2ccc(=O)[nH]c2=O)[C@H](F)[C@@H]1OP(OCCC#N)N(C(C)C)C(C)C. The molecule has 5 atom stereocenters. The zero-order valence-corrected chi connectivity index (χ0v) is 18.8. The summed E-state index contributed by atoms with van der Waals surface area (Å²) in [5.41, 5.74) is -1.31. The number of aromatic nitrogens is 2. The van der Waals surface area contributed by atoms with Crippen LogP contribution in [0, 0.1) is 11.3 Å². The fourth-order valence-corrected chi connectivity index (χ4v) is 5.16. The summed E-state index contributed by atoms with van der Waals surface area (Å²) in [7, 11) is -1.67. The zero-order valence-electron chi connectivity index (χ0n) is 17.9. The highest BCUT2D eigenvalue weighted by Gasteiger charge is 2.48. The lowest BCUT2D eigenvalue weighted by Crippen LogP contribution is -2.38. The van der Waals surface area contributed by atoms with Crippen LogP contribution < -0.4 is 11.2 Å². The third-order valence-corrected chi connectivity index (χ3v) is 6.80. The predicted octanol–water partition coefficient (Wildman–Crippen LogP) is 2.84. The van der Waals surface area contributed by atoms with Gasteiger partial charge in [-0.05, 0) is 34.1 Å². The van der Waals surface area contributed by atoms with Crippen molar-refractivity contribution in [3.63, 3.8) is 0 Å². The maximum Gasteiger partial charge on any atom is 0.330 e. The van der Waals surface area contributed by atoms with Gasteiger partial charge < -0.3 is 13.8 Å². The fourth-order valence-electron chi connectivity index (χ4n) is 3.40. The number of hydrogen-bond acceptors (Lipinski definition) is 7. The van der Waals surface area contributed by atoms with Gasteiger partial charge in [0.05, 0.1) is 25.2 Å². The minimum atomic E-state index is -1.67. The number of nitriles is 1. The van der Waals surface area contributed by atoms with Crippen molar-refractivity contribution in [3.8, 4) is 6.07 Å². The minimum absolute atomic E-state index is 0.0660. The van der Waals surface area contributed by atoms with Crippen LogP contribution in [0.15, 0.2) is 21.9 Å². The van der Waals surface area contributed by atoms with E-state index < -0.39 is 44.4 Å². The van der Waals surface area contributed by atoms with Gasteiger partial charge in [-0.1, -0.05) is 6.92 Å². The highest BCUT2D eigenvalue weighted by atomic mass is 31.2. The van der Waals surface area contributed by atoms with Crippen LogP contribution in [0.1, 0.15) is 53.7 Å². The van der Waals surface area contributed by atoms with Gasteiger partial charge in [-0.15, -0.1) is 0 Å². The van der Waals surface area contributed by atoms with Crippen LogP contribution in [0.25, 0.3) is 0 Å². The molecule has 1 aliphatic heterocycles. The highest BCUT2D eigenvalue weighted by molar-refractivity contribution is 7.44. The highest BCUT2D eigenvalue weighted by Crippen LogP contribution is 2.50. The molecule has 1 N–H and O–H groups in total. The lowest BCUT2D eigenvalue weighted by molar-refractivity contribution is -0.0273. The zero-order chi connectivity index (χ0) is 22.4. The normalized spacial score (nSPS) is 25.2. The molecule has 0 aromatic carbocycles. The lowest BCUT2D eigenvalue weighted by atomic mass is 10.1. The predicted molar refractivity (Wildman–Crippen MR) is 111 cm³/mol. The summed E-state index contributed by atoms with van der Waals surface area (Å²) in [4.78, 5) is 25.6. The van der Waals surface area contributed by atoms with E-state index >= 15 is 4.39 Å². The number of nitrogens with zero attached hydrogens (tertiary/aromatic N) is 3. The number of nitrogens with one attached hydrogen (secondary N) is 1. The quantitative estimate of drug-likeness (QED) is 0.436. The second-order valence-corrected chi connectivity index (χ2v) is 8.96. The number of aromatic amines is 1. The Kier molecular flexibility index (Phi) is 9.13. The molecule has 0 radical (unpaired) electrons. The van der Waals surface area contributed by atoms with E-state index in [1.807, 2.05) is 45.4 Å². The van der Waals surface area contributed by atoms with Crippen LogP contribution in [0.3, 0.4) is 0 Å². The van der Waals surface area contributed by atoms with Crippen molar-refractivity contribution in [2.24, 2.45) is 0 Å². The molecular formula is C19H30FN4O5P. The van der Waals surface area contributed by atoms with E-state index in [9.17, 15) is 9.59 Å².